The molecular weight excluding hydrogens is 164 g/mol. The normalized spacial score (nSPS) is 12.8. The zero-order valence-corrected chi connectivity index (χ0v) is 8.50. The van der Waals surface area contributed by atoms with Gasteiger partial charge in [-0.3, -0.25) is 4.99 Å². The van der Waals surface area contributed by atoms with E-state index in [2.05, 4.69) is 30.7 Å². The van der Waals surface area contributed by atoms with E-state index in [1.807, 2.05) is 6.92 Å². The van der Waals surface area contributed by atoms with E-state index < -0.39 is 0 Å². The number of aryl methyl sites for hydroxylation is 1. The first-order chi connectivity index (χ1) is 6.20. The van der Waals surface area contributed by atoms with E-state index in [1.54, 1.807) is 0 Å². The zero-order chi connectivity index (χ0) is 9.84. The molecule has 0 spiro atoms. The van der Waals surface area contributed by atoms with Crippen molar-refractivity contribution < 1.29 is 4.52 Å². The predicted octanol–water partition coefficient (Wildman–Crippen LogP) is 2.70. The Kier molecular flexibility index (Phi) is 3.23. The molecule has 0 aliphatic heterocycles. The van der Waals surface area contributed by atoms with E-state index in [0.717, 1.165) is 23.4 Å². The average molecular weight is 180 g/mol. The van der Waals surface area contributed by atoms with Gasteiger partial charge in [0.1, 0.15) is 5.76 Å². The largest absolute Gasteiger partial charge is 0.360 e. The standard InChI is InChI=1S/C10H16N2O/c1-5-7(2)10-9(6-11-4)8(3)12-13-10/h7H,4-6H2,1-3H3. The maximum atomic E-state index is 5.26. The SMILES string of the molecule is C=NCc1c(C)noc1C(C)CC. The number of nitrogens with zero attached hydrogens (tertiary/aromatic N) is 2. The van der Waals surface area contributed by atoms with Crippen molar-refractivity contribution in [2.75, 3.05) is 0 Å². The molecule has 0 saturated heterocycles. The first-order valence-corrected chi connectivity index (χ1v) is 4.58. The molecule has 0 fully saturated rings. The Bertz CT molecular complexity index is 291. The quantitative estimate of drug-likeness (QED) is 0.668. The minimum absolute atomic E-state index is 0.415. The average Bonchev–Trinajstić information content (AvgIpc) is 2.48. The van der Waals surface area contributed by atoms with E-state index in [4.69, 9.17) is 4.52 Å². The lowest BCUT2D eigenvalue weighted by molar-refractivity contribution is 0.358. The lowest BCUT2D eigenvalue weighted by Gasteiger charge is -2.05. The lowest BCUT2D eigenvalue weighted by Crippen LogP contribution is -1.94. The lowest BCUT2D eigenvalue weighted by atomic mass is 10.0. The van der Waals surface area contributed by atoms with Crippen LogP contribution in [0.25, 0.3) is 0 Å². The van der Waals surface area contributed by atoms with Gasteiger partial charge < -0.3 is 4.52 Å². The molecule has 0 aliphatic rings. The molecule has 0 N–H and O–H groups in total. The molecule has 1 rings (SSSR count). The van der Waals surface area contributed by atoms with Crippen LogP contribution in [0.2, 0.25) is 0 Å². The summed E-state index contributed by atoms with van der Waals surface area (Å²) in [6.45, 7) is 10.3. The third-order valence-electron chi connectivity index (χ3n) is 2.34. The molecule has 72 valence electrons. The molecule has 0 aliphatic carbocycles. The molecule has 1 atom stereocenters. The highest BCUT2D eigenvalue weighted by Crippen LogP contribution is 2.25. The van der Waals surface area contributed by atoms with Crippen LogP contribution in [-0.4, -0.2) is 11.9 Å². The number of hydrogen-bond acceptors (Lipinski definition) is 3. The smallest absolute Gasteiger partial charge is 0.144 e. The Morgan fingerprint density at radius 1 is 1.62 bits per heavy atom. The molecule has 0 aromatic carbocycles. The Morgan fingerprint density at radius 3 is 2.85 bits per heavy atom. The van der Waals surface area contributed by atoms with Crippen LogP contribution in [0.5, 0.6) is 0 Å². The summed E-state index contributed by atoms with van der Waals surface area (Å²) >= 11 is 0. The Balaban J connectivity index is 2.99. The van der Waals surface area contributed by atoms with Gasteiger partial charge in [0.05, 0.1) is 12.2 Å². The van der Waals surface area contributed by atoms with Crippen LogP contribution in [-0.2, 0) is 6.54 Å². The minimum Gasteiger partial charge on any atom is -0.360 e. The summed E-state index contributed by atoms with van der Waals surface area (Å²) in [7, 11) is 0. The van der Waals surface area contributed by atoms with Crippen LogP contribution in [0.3, 0.4) is 0 Å². The fourth-order valence-electron chi connectivity index (χ4n) is 1.28. The number of rotatable bonds is 4. The molecule has 1 aromatic heterocycles. The third-order valence-corrected chi connectivity index (χ3v) is 2.34. The summed E-state index contributed by atoms with van der Waals surface area (Å²) in [6, 6.07) is 0. The second-order valence-electron chi connectivity index (χ2n) is 3.30. The van der Waals surface area contributed by atoms with E-state index in [1.165, 1.54) is 0 Å². The van der Waals surface area contributed by atoms with Crippen molar-refractivity contribution in [3.8, 4) is 0 Å². The zero-order valence-electron chi connectivity index (χ0n) is 8.50. The van der Waals surface area contributed by atoms with E-state index in [-0.39, 0.29) is 0 Å². The van der Waals surface area contributed by atoms with Crippen LogP contribution in [0, 0.1) is 6.92 Å². The maximum Gasteiger partial charge on any atom is 0.144 e. The molecule has 3 nitrogen and oxygen atoms in total. The summed E-state index contributed by atoms with van der Waals surface area (Å²) < 4.78 is 5.26. The van der Waals surface area contributed by atoms with Gasteiger partial charge in [-0.05, 0) is 20.1 Å². The summed E-state index contributed by atoms with van der Waals surface area (Å²) in [6.07, 6.45) is 1.05. The molecule has 0 radical (unpaired) electrons. The highest BCUT2D eigenvalue weighted by atomic mass is 16.5. The van der Waals surface area contributed by atoms with Crippen molar-refractivity contribution in [3.63, 3.8) is 0 Å². The highest BCUT2D eigenvalue weighted by molar-refractivity contribution is 5.29. The second kappa shape index (κ2) is 4.21. The van der Waals surface area contributed by atoms with Crippen molar-refractivity contribution in [2.24, 2.45) is 4.99 Å². The van der Waals surface area contributed by atoms with Gasteiger partial charge in [0.25, 0.3) is 0 Å². The van der Waals surface area contributed by atoms with Gasteiger partial charge in [-0.25, -0.2) is 0 Å². The van der Waals surface area contributed by atoms with Gasteiger partial charge in [0.2, 0.25) is 0 Å². The van der Waals surface area contributed by atoms with Crippen molar-refractivity contribution in [3.05, 3.63) is 17.0 Å². The molecular formula is C10H16N2O. The summed E-state index contributed by atoms with van der Waals surface area (Å²) in [4.78, 5) is 3.87. The van der Waals surface area contributed by atoms with Crippen molar-refractivity contribution in [2.45, 2.75) is 39.7 Å². The maximum absolute atomic E-state index is 5.26. The third kappa shape index (κ3) is 1.97. The molecule has 1 aromatic rings. The van der Waals surface area contributed by atoms with Gasteiger partial charge in [0, 0.05) is 11.5 Å². The van der Waals surface area contributed by atoms with Crippen LogP contribution in [0.4, 0.5) is 0 Å². The van der Waals surface area contributed by atoms with Crippen molar-refractivity contribution in [1.29, 1.82) is 0 Å². The van der Waals surface area contributed by atoms with Crippen molar-refractivity contribution in [1.82, 2.24) is 5.16 Å². The minimum atomic E-state index is 0.415. The van der Waals surface area contributed by atoms with Gasteiger partial charge in [-0.2, -0.15) is 0 Å². The highest BCUT2D eigenvalue weighted by Gasteiger charge is 2.16. The number of aromatic nitrogens is 1. The Morgan fingerprint density at radius 2 is 2.31 bits per heavy atom. The van der Waals surface area contributed by atoms with Gasteiger partial charge >= 0.3 is 0 Å². The summed E-state index contributed by atoms with van der Waals surface area (Å²) in [5.41, 5.74) is 2.03. The molecule has 1 heterocycles. The van der Waals surface area contributed by atoms with Gasteiger partial charge in [0.15, 0.2) is 0 Å². The van der Waals surface area contributed by atoms with Gasteiger partial charge in [-0.15, -0.1) is 0 Å². The van der Waals surface area contributed by atoms with E-state index in [0.29, 0.717) is 12.5 Å². The molecule has 3 heteroatoms. The van der Waals surface area contributed by atoms with E-state index in [9.17, 15) is 0 Å². The van der Waals surface area contributed by atoms with Crippen LogP contribution in [0.1, 0.15) is 43.2 Å². The molecule has 0 bridgehead atoms. The van der Waals surface area contributed by atoms with Crippen LogP contribution < -0.4 is 0 Å². The van der Waals surface area contributed by atoms with E-state index >= 15 is 0 Å². The number of aliphatic imine (C=N–C) groups is 1. The van der Waals surface area contributed by atoms with Gasteiger partial charge in [-0.1, -0.05) is 19.0 Å². The monoisotopic (exact) mass is 180 g/mol. The predicted molar refractivity (Wildman–Crippen MR) is 53.2 cm³/mol. The molecule has 0 saturated carbocycles. The fourth-order valence-corrected chi connectivity index (χ4v) is 1.28. The molecule has 0 amide bonds. The first-order valence-electron chi connectivity index (χ1n) is 4.58. The fraction of sp³-hybridized carbons (Fsp3) is 0.600. The Labute approximate surface area is 78.8 Å². The molecule has 13 heavy (non-hydrogen) atoms. The Hall–Kier alpha value is -1.12. The summed E-state index contributed by atoms with van der Waals surface area (Å²) in [5, 5.41) is 3.94. The van der Waals surface area contributed by atoms with Crippen LogP contribution >= 0.6 is 0 Å². The topological polar surface area (TPSA) is 38.4 Å². The summed E-state index contributed by atoms with van der Waals surface area (Å²) in [5.74, 6) is 1.38. The van der Waals surface area contributed by atoms with Crippen LogP contribution in [0.15, 0.2) is 9.52 Å². The van der Waals surface area contributed by atoms with Crippen molar-refractivity contribution >= 4 is 6.72 Å². The first kappa shape index (κ1) is 9.96. The second-order valence-corrected chi connectivity index (χ2v) is 3.30. The molecule has 1 unspecified atom stereocenters. The number of hydrogen-bond donors (Lipinski definition) is 0.